The van der Waals surface area contributed by atoms with Crippen molar-refractivity contribution in [3.05, 3.63) is 65.7 Å². The molecule has 0 unspecified atom stereocenters. The molecule has 99 heavy (non-hydrogen) atoms. The standard InChI is InChI=1S/C69H113N11O19/c1-14-46(8)60(54(92-12)41-56(82)80-30-19-23-53(80)61(93-13)47(9)62(83)75-52(67(88)89)40-48-20-16-15-17-21-48)78(10)66(87)58(44(4)5)77-65(86)59(45(6)7)79(11)69(91)98-42-49-24-26-50(27-25-49)73-63(84)51(22-18-29-72-68(70)90)74-64(85)57(43(2)3)76-55(81)28-31-94-32-33-95-34-35-96-36-37-97-38-39-99-71/h15-17,20-21,24-27,43-47,51-54,57-61H,14,18-19,22-23,28-42,71H2,1-13H3,(H,73,84)(H,74,85)(H,75,83)(H,76,81)(H,77,86)(H,88,89)(H3,70,72,90)/t46-,47+,51-,52-,53-,54+,57-,58-,59-,60-,61+/m0/s1. The number of nitrogens with two attached hydrogens (primary N) is 2. The Morgan fingerprint density at radius 1 is 0.657 bits per heavy atom. The van der Waals surface area contributed by atoms with Gasteiger partial charge in [0.2, 0.25) is 41.4 Å². The Morgan fingerprint density at radius 3 is 1.78 bits per heavy atom. The van der Waals surface area contributed by atoms with Crippen molar-refractivity contribution in [1.29, 1.82) is 0 Å². The third-order valence-corrected chi connectivity index (χ3v) is 17.4. The minimum Gasteiger partial charge on any atom is -0.480 e. The van der Waals surface area contributed by atoms with Crippen molar-refractivity contribution in [3.8, 4) is 0 Å². The molecule has 0 radical (unpaired) electrons. The lowest BCUT2D eigenvalue weighted by molar-refractivity contribution is -0.148. The fourth-order valence-corrected chi connectivity index (χ4v) is 11.7. The van der Waals surface area contributed by atoms with Crippen LogP contribution in [-0.2, 0) is 89.4 Å². The number of rotatable bonds is 48. The van der Waals surface area contributed by atoms with Crippen LogP contribution in [0.2, 0.25) is 0 Å². The van der Waals surface area contributed by atoms with Gasteiger partial charge in [-0.05, 0) is 72.6 Å². The molecule has 1 aliphatic rings. The third-order valence-electron chi connectivity index (χ3n) is 17.4. The van der Waals surface area contributed by atoms with Gasteiger partial charge in [-0.25, -0.2) is 20.3 Å². The van der Waals surface area contributed by atoms with Gasteiger partial charge in [-0.15, -0.1) is 0 Å². The van der Waals surface area contributed by atoms with Crippen LogP contribution in [-0.4, -0.2) is 235 Å². The summed E-state index contributed by atoms with van der Waals surface area (Å²) in [5.41, 5.74) is 6.85. The number of carbonyl (C=O) groups is 10. The molecule has 3 rings (SSSR count). The highest BCUT2D eigenvalue weighted by Gasteiger charge is 2.44. The minimum absolute atomic E-state index is 0.0450. The van der Waals surface area contributed by atoms with Gasteiger partial charge in [0.1, 0.15) is 36.8 Å². The third kappa shape index (κ3) is 29.6. The molecule has 0 saturated carbocycles. The summed E-state index contributed by atoms with van der Waals surface area (Å²) < 4.78 is 39.4. The highest BCUT2D eigenvalue weighted by Crippen LogP contribution is 2.30. The lowest BCUT2D eigenvalue weighted by Crippen LogP contribution is -2.60. The molecule has 11 atom stereocenters. The lowest BCUT2D eigenvalue weighted by Gasteiger charge is -2.41. The summed E-state index contributed by atoms with van der Waals surface area (Å²) in [5.74, 6) is -2.07. The van der Waals surface area contributed by atoms with E-state index in [0.29, 0.717) is 76.7 Å². The molecule has 11 N–H and O–H groups in total. The molecule has 30 nitrogen and oxygen atoms in total. The van der Waals surface area contributed by atoms with Crippen molar-refractivity contribution < 1.29 is 91.0 Å². The van der Waals surface area contributed by atoms with Crippen molar-refractivity contribution in [1.82, 2.24) is 41.3 Å². The number of urea groups is 1. The average Bonchev–Trinajstić information content (AvgIpc) is 1.40. The fraction of sp³-hybridized carbons (Fsp3) is 0.681. The number of likely N-dealkylation sites (N-methyl/N-ethyl adjacent to an activating group) is 2. The number of carboxylic acid groups (broad SMARTS) is 1. The molecule has 10 amide bonds. The molecule has 2 aromatic rings. The normalized spacial score (nSPS) is 16.1. The van der Waals surface area contributed by atoms with E-state index >= 15 is 0 Å². The summed E-state index contributed by atoms with van der Waals surface area (Å²) >= 11 is 0. The molecule has 1 aliphatic heterocycles. The van der Waals surface area contributed by atoms with Crippen LogP contribution in [0.3, 0.4) is 0 Å². The topological polar surface area (TPSA) is 399 Å². The number of ether oxygens (including phenoxy) is 7. The van der Waals surface area contributed by atoms with Gasteiger partial charge >= 0.3 is 18.1 Å². The Labute approximate surface area is 583 Å². The summed E-state index contributed by atoms with van der Waals surface area (Å²) in [6, 6.07) is 7.90. The van der Waals surface area contributed by atoms with Crippen LogP contribution in [0.15, 0.2) is 54.6 Å². The number of hydrogen-bond donors (Lipinski definition) is 9. The summed E-state index contributed by atoms with van der Waals surface area (Å²) in [5, 5.41) is 26.4. The van der Waals surface area contributed by atoms with Gasteiger partial charge in [0, 0.05) is 59.9 Å². The fourth-order valence-electron chi connectivity index (χ4n) is 11.7. The van der Waals surface area contributed by atoms with Crippen LogP contribution < -0.4 is 43.5 Å². The molecule has 2 aromatic carbocycles. The predicted octanol–water partition coefficient (Wildman–Crippen LogP) is 3.51. The molecule has 1 heterocycles. The van der Waals surface area contributed by atoms with Crippen molar-refractivity contribution in [2.75, 3.05) is 106 Å². The van der Waals surface area contributed by atoms with E-state index in [9.17, 15) is 53.1 Å². The molecule has 558 valence electrons. The Balaban J connectivity index is 1.64. The zero-order valence-electron chi connectivity index (χ0n) is 60.2. The number of nitrogens with one attached hydrogen (secondary N) is 6. The second kappa shape index (κ2) is 46.0. The van der Waals surface area contributed by atoms with Crippen LogP contribution in [0.4, 0.5) is 15.3 Å². The number of benzene rings is 2. The first-order valence-corrected chi connectivity index (χ1v) is 34.2. The molecule has 1 saturated heterocycles. The quantitative estimate of drug-likeness (QED) is 0.0338. The van der Waals surface area contributed by atoms with E-state index in [1.54, 1.807) is 109 Å². The first-order chi connectivity index (χ1) is 47.1. The van der Waals surface area contributed by atoms with E-state index in [1.807, 2.05) is 19.9 Å². The SMILES string of the molecule is CC[C@H](C)[C@@H]([C@@H](CC(=O)N1CCC[C@H]1[C@H](OC)[C@@H](C)C(=O)N[C@@H](Cc1ccccc1)C(=O)O)OC)N(C)C(=O)[C@@H](NC(=O)[C@H](C(C)C)N(C)C(=O)OCc1ccc(NC(=O)[C@H](CCCNC(N)=O)NC(=O)[C@@H](NC(=O)CCOCCOCCOCCOCCON)C(C)C)cc1)C(C)C. The number of carboxylic acids is 1. The van der Waals surface area contributed by atoms with Crippen LogP contribution in [0.1, 0.15) is 118 Å². The molecule has 0 aliphatic carbocycles. The number of amides is 10. The number of carbonyl (C=O) groups excluding carboxylic acids is 9. The van der Waals surface area contributed by atoms with Gasteiger partial charge in [-0.3, -0.25) is 38.5 Å². The number of aliphatic carboxylic acids is 1. The van der Waals surface area contributed by atoms with Crippen LogP contribution >= 0.6 is 0 Å². The van der Waals surface area contributed by atoms with E-state index < -0.39 is 126 Å². The minimum atomic E-state index is -1.19. The summed E-state index contributed by atoms with van der Waals surface area (Å²) in [7, 11) is 5.97. The van der Waals surface area contributed by atoms with Crippen molar-refractivity contribution >= 4 is 65.1 Å². The molecule has 0 bridgehead atoms. The molecule has 30 heteroatoms. The number of primary amides is 1. The van der Waals surface area contributed by atoms with Gasteiger partial charge in [-0.2, -0.15) is 0 Å². The van der Waals surface area contributed by atoms with E-state index in [0.717, 1.165) is 5.56 Å². The maximum absolute atomic E-state index is 14.8. The summed E-state index contributed by atoms with van der Waals surface area (Å²) in [6.07, 6.45) is -0.447. The molecular weight excluding hydrogens is 1290 g/mol. The van der Waals surface area contributed by atoms with Crippen LogP contribution in [0.5, 0.6) is 0 Å². The van der Waals surface area contributed by atoms with Crippen molar-refractivity contribution in [2.45, 2.75) is 175 Å². The smallest absolute Gasteiger partial charge is 0.410 e. The van der Waals surface area contributed by atoms with Crippen molar-refractivity contribution in [2.24, 2.45) is 41.2 Å². The zero-order chi connectivity index (χ0) is 73.7. The zero-order valence-corrected chi connectivity index (χ0v) is 60.2. The molecular formula is C69H113N11O19. The first-order valence-electron chi connectivity index (χ1n) is 34.2. The van der Waals surface area contributed by atoms with Gasteiger partial charge < -0.3 is 90.5 Å². The highest BCUT2D eigenvalue weighted by molar-refractivity contribution is 5.98. The van der Waals surface area contributed by atoms with E-state index in [4.69, 9.17) is 44.8 Å². The second-order valence-corrected chi connectivity index (χ2v) is 25.8. The average molecular weight is 1400 g/mol. The number of likely N-dealkylation sites (tertiary alicyclic amines) is 1. The number of hydrogen-bond acceptors (Lipinski definition) is 19. The van der Waals surface area contributed by atoms with Gasteiger partial charge in [0.25, 0.3) is 0 Å². The monoisotopic (exact) mass is 1400 g/mol. The second-order valence-electron chi connectivity index (χ2n) is 25.8. The largest absolute Gasteiger partial charge is 0.480 e. The predicted molar refractivity (Wildman–Crippen MR) is 368 cm³/mol. The summed E-state index contributed by atoms with van der Waals surface area (Å²) in [6.45, 7) is 19.1. The number of nitrogens with zero attached hydrogens (tertiary/aromatic N) is 3. The molecule has 1 fully saturated rings. The first kappa shape index (κ1) is 85.6. The maximum Gasteiger partial charge on any atom is 0.410 e. The van der Waals surface area contributed by atoms with Crippen molar-refractivity contribution in [3.63, 3.8) is 0 Å². The van der Waals surface area contributed by atoms with Crippen LogP contribution in [0, 0.1) is 29.6 Å². The van der Waals surface area contributed by atoms with E-state index in [-0.39, 0.29) is 82.8 Å². The van der Waals surface area contributed by atoms with Gasteiger partial charge in [-0.1, -0.05) is 111 Å². The molecule has 0 aromatic heterocycles. The Kier molecular flexibility index (Phi) is 39.8. The van der Waals surface area contributed by atoms with Crippen LogP contribution in [0.25, 0.3) is 0 Å². The van der Waals surface area contributed by atoms with E-state index in [2.05, 4.69) is 36.7 Å². The lowest BCUT2D eigenvalue weighted by atomic mass is 9.89. The molecule has 0 spiro atoms. The Bertz CT molecular complexity index is 2800. The summed E-state index contributed by atoms with van der Waals surface area (Å²) in [4.78, 5) is 144. The Morgan fingerprint density at radius 2 is 1.24 bits per heavy atom. The van der Waals surface area contributed by atoms with E-state index in [1.165, 1.54) is 31.1 Å². The van der Waals surface area contributed by atoms with Gasteiger partial charge in [0.05, 0.1) is 96.1 Å². The maximum atomic E-state index is 14.8. The number of methoxy groups -OCH3 is 2. The van der Waals surface area contributed by atoms with Gasteiger partial charge in [0.15, 0.2) is 0 Å². The Hall–Kier alpha value is -7.58. The number of anilines is 1. The highest BCUT2D eigenvalue weighted by atomic mass is 16.6.